The van der Waals surface area contributed by atoms with Gasteiger partial charge in [0.05, 0.1) is 11.1 Å². The van der Waals surface area contributed by atoms with Crippen LogP contribution in [-0.2, 0) is 0 Å². The molecule has 3 heteroatoms. The van der Waals surface area contributed by atoms with Gasteiger partial charge in [0.15, 0.2) is 0 Å². The summed E-state index contributed by atoms with van der Waals surface area (Å²) in [4.78, 5) is 2.15. The van der Waals surface area contributed by atoms with E-state index >= 15 is 0 Å². The van der Waals surface area contributed by atoms with Gasteiger partial charge in [-0.2, -0.15) is 0 Å². The van der Waals surface area contributed by atoms with Crippen LogP contribution in [0.3, 0.4) is 0 Å². The Morgan fingerprint density at radius 1 is 1.12 bits per heavy atom. The summed E-state index contributed by atoms with van der Waals surface area (Å²) in [7, 11) is 0. The second-order valence-corrected chi connectivity index (χ2v) is 5.30. The van der Waals surface area contributed by atoms with Crippen LogP contribution in [0.2, 0.25) is 5.02 Å². The highest BCUT2D eigenvalue weighted by Gasteiger charge is 2.06. The van der Waals surface area contributed by atoms with Crippen molar-refractivity contribution in [2.24, 2.45) is 0 Å². The zero-order valence-corrected chi connectivity index (χ0v) is 11.0. The van der Waals surface area contributed by atoms with Crippen molar-refractivity contribution in [3.8, 4) is 0 Å². The fourth-order valence-electron chi connectivity index (χ4n) is 1.48. The van der Waals surface area contributed by atoms with Crippen molar-refractivity contribution in [1.82, 2.24) is 0 Å². The molecule has 2 aromatic rings. The van der Waals surface area contributed by atoms with Crippen LogP contribution in [0.4, 0.5) is 0 Å². The van der Waals surface area contributed by atoms with E-state index < -0.39 is 6.10 Å². The third-order valence-corrected chi connectivity index (χ3v) is 3.92. The van der Waals surface area contributed by atoms with Gasteiger partial charge in [0.25, 0.3) is 0 Å². The smallest absolute Gasteiger partial charge is 0.0762 e. The van der Waals surface area contributed by atoms with E-state index in [4.69, 9.17) is 11.6 Å². The van der Waals surface area contributed by atoms with Crippen LogP contribution < -0.4 is 0 Å². The lowest BCUT2D eigenvalue weighted by molar-refractivity contribution is 0.199. The Labute approximate surface area is 110 Å². The van der Waals surface area contributed by atoms with E-state index in [1.807, 2.05) is 48.5 Å². The van der Waals surface area contributed by atoms with Crippen molar-refractivity contribution < 1.29 is 5.11 Å². The Morgan fingerprint density at radius 2 is 1.82 bits per heavy atom. The molecule has 2 rings (SSSR count). The highest BCUT2D eigenvalue weighted by molar-refractivity contribution is 7.99. The Morgan fingerprint density at radius 3 is 2.41 bits per heavy atom. The van der Waals surface area contributed by atoms with Crippen LogP contribution in [0.1, 0.15) is 18.6 Å². The van der Waals surface area contributed by atoms with Gasteiger partial charge in [0, 0.05) is 9.79 Å². The molecule has 1 atom stereocenters. The quantitative estimate of drug-likeness (QED) is 0.878. The average Bonchev–Trinajstić information content (AvgIpc) is 2.33. The maximum absolute atomic E-state index is 9.46. The van der Waals surface area contributed by atoms with Crippen molar-refractivity contribution in [2.75, 3.05) is 0 Å². The number of aliphatic hydroxyl groups excluding tert-OH is 1. The predicted octanol–water partition coefficient (Wildman–Crippen LogP) is 4.54. The normalized spacial score (nSPS) is 12.4. The molecule has 0 radical (unpaired) electrons. The first-order valence-corrected chi connectivity index (χ1v) is 6.56. The van der Waals surface area contributed by atoms with Crippen LogP contribution >= 0.6 is 23.4 Å². The van der Waals surface area contributed by atoms with Gasteiger partial charge >= 0.3 is 0 Å². The van der Waals surface area contributed by atoms with Gasteiger partial charge in [-0.25, -0.2) is 0 Å². The third-order valence-electron chi connectivity index (χ3n) is 2.41. The Hall–Kier alpha value is -0.960. The zero-order chi connectivity index (χ0) is 12.3. The molecule has 0 bridgehead atoms. The molecule has 1 nitrogen and oxygen atoms in total. The van der Waals surface area contributed by atoms with Crippen molar-refractivity contribution in [1.29, 1.82) is 0 Å². The number of rotatable bonds is 3. The molecule has 0 amide bonds. The minimum atomic E-state index is -0.483. The van der Waals surface area contributed by atoms with Crippen LogP contribution in [0, 0.1) is 0 Å². The summed E-state index contributed by atoms with van der Waals surface area (Å²) in [6, 6.07) is 15.7. The maximum atomic E-state index is 9.46. The molecular formula is C14H13ClOS. The molecule has 0 fully saturated rings. The van der Waals surface area contributed by atoms with Gasteiger partial charge < -0.3 is 5.11 Å². The Bertz CT molecular complexity index is 497. The number of aliphatic hydroxyl groups is 1. The first kappa shape index (κ1) is 12.5. The number of hydrogen-bond acceptors (Lipinski definition) is 2. The Kier molecular flexibility index (Phi) is 4.11. The lowest BCUT2D eigenvalue weighted by atomic mass is 10.1. The van der Waals surface area contributed by atoms with E-state index in [1.165, 1.54) is 0 Å². The predicted molar refractivity (Wildman–Crippen MR) is 72.7 cm³/mol. The molecule has 0 saturated carbocycles. The molecule has 0 aromatic heterocycles. The van der Waals surface area contributed by atoms with Crippen molar-refractivity contribution in [3.05, 3.63) is 59.1 Å². The minimum absolute atomic E-state index is 0.483. The number of benzene rings is 2. The lowest BCUT2D eigenvalue weighted by Crippen LogP contribution is -1.90. The topological polar surface area (TPSA) is 20.2 Å². The zero-order valence-electron chi connectivity index (χ0n) is 9.43. The number of halogens is 1. The van der Waals surface area contributed by atoms with Crippen LogP contribution in [0.15, 0.2) is 58.3 Å². The largest absolute Gasteiger partial charge is 0.389 e. The molecule has 1 unspecified atom stereocenters. The van der Waals surface area contributed by atoms with Gasteiger partial charge in [-0.3, -0.25) is 0 Å². The summed E-state index contributed by atoms with van der Waals surface area (Å²) in [6.07, 6.45) is -0.483. The monoisotopic (exact) mass is 264 g/mol. The molecule has 0 heterocycles. The molecule has 0 spiro atoms. The molecular weight excluding hydrogens is 252 g/mol. The third kappa shape index (κ3) is 3.25. The van der Waals surface area contributed by atoms with E-state index in [0.29, 0.717) is 5.02 Å². The highest BCUT2D eigenvalue weighted by Crippen LogP contribution is 2.34. The highest BCUT2D eigenvalue weighted by atomic mass is 35.5. The van der Waals surface area contributed by atoms with Gasteiger partial charge in [-0.15, -0.1) is 0 Å². The molecule has 1 N–H and O–H groups in total. The molecule has 2 aromatic carbocycles. The molecule has 88 valence electrons. The summed E-state index contributed by atoms with van der Waals surface area (Å²) in [5, 5.41) is 10.1. The SMILES string of the molecule is CC(O)c1ccc(Sc2ccccc2)c(Cl)c1. The molecule has 0 aliphatic carbocycles. The van der Waals surface area contributed by atoms with Gasteiger partial charge in [0.1, 0.15) is 0 Å². The molecule has 0 aliphatic heterocycles. The summed E-state index contributed by atoms with van der Waals surface area (Å²) >= 11 is 7.81. The lowest BCUT2D eigenvalue weighted by Gasteiger charge is -2.08. The fraction of sp³-hybridized carbons (Fsp3) is 0.143. The van der Waals surface area contributed by atoms with Crippen LogP contribution in [0.5, 0.6) is 0 Å². The summed E-state index contributed by atoms with van der Waals surface area (Å²) < 4.78 is 0. The summed E-state index contributed by atoms with van der Waals surface area (Å²) in [6.45, 7) is 1.73. The van der Waals surface area contributed by atoms with E-state index in [2.05, 4.69) is 0 Å². The van der Waals surface area contributed by atoms with Gasteiger partial charge in [-0.1, -0.05) is 47.6 Å². The van der Waals surface area contributed by atoms with Crippen molar-refractivity contribution >= 4 is 23.4 Å². The van der Waals surface area contributed by atoms with E-state index in [9.17, 15) is 5.11 Å². The van der Waals surface area contributed by atoms with E-state index in [-0.39, 0.29) is 0 Å². The molecule has 0 aliphatic rings. The van der Waals surface area contributed by atoms with Crippen LogP contribution in [-0.4, -0.2) is 5.11 Å². The molecule has 17 heavy (non-hydrogen) atoms. The standard InChI is InChI=1S/C14H13ClOS/c1-10(16)11-7-8-14(13(15)9-11)17-12-5-3-2-4-6-12/h2-10,16H,1H3. The van der Waals surface area contributed by atoms with Gasteiger partial charge in [-0.05, 0) is 36.8 Å². The molecule has 0 saturated heterocycles. The minimum Gasteiger partial charge on any atom is -0.389 e. The summed E-state index contributed by atoms with van der Waals surface area (Å²) in [5.41, 5.74) is 0.840. The van der Waals surface area contributed by atoms with Crippen molar-refractivity contribution in [2.45, 2.75) is 22.8 Å². The van der Waals surface area contributed by atoms with Gasteiger partial charge in [0.2, 0.25) is 0 Å². The fourth-order valence-corrected chi connectivity index (χ4v) is 2.62. The van der Waals surface area contributed by atoms with E-state index in [0.717, 1.165) is 15.4 Å². The van der Waals surface area contributed by atoms with E-state index in [1.54, 1.807) is 18.7 Å². The average molecular weight is 265 g/mol. The maximum Gasteiger partial charge on any atom is 0.0762 e. The second-order valence-electron chi connectivity index (χ2n) is 3.78. The first-order chi connectivity index (χ1) is 8.16. The Balaban J connectivity index is 2.23. The first-order valence-electron chi connectivity index (χ1n) is 5.37. The summed E-state index contributed by atoms with van der Waals surface area (Å²) in [5.74, 6) is 0. The van der Waals surface area contributed by atoms with Crippen LogP contribution in [0.25, 0.3) is 0 Å². The second kappa shape index (κ2) is 5.58. The van der Waals surface area contributed by atoms with Crippen molar-refractivity contribution in [3.63, 3.8) is 0 Å². The number of hydrogen-bond donors (Lipinski definition) is 1.